The number of carbonyl (C=O) groups is 1. The molecule has 0 fully saturated rings. The molecule has 3 aromatic rings. The summed E-state index contributed by atoms with van der Waals surface area (Å²) in [6, 6.07) is 14.9. The van der Waals surface area contributed by atoms with Gasteiger partial charge in [-0.1, -0.05) is 36.0 Å². The SMILES string of the molecule is COC(=O)Cn1c(SCCOc2cccc(C)c2)nc2ccccc2c1=O. The maximum absolute atomic E-state index is 12.8. The second kappa shape index (κ2) is 8.73. The molecule has 0 amide bonds. The topological polar surface area (TPSA) is 70.4 Å². The summed E-state index contributed by atoms with van der Waals surface area (Å²) >= 11 is 1.37. The molecular formula is C20H20N2O4S. The molecule has 6 nitrogen and oxygen atoms in total. The van der Waals surface area contributed by atoms with Gasteiger partial charge in [0.2, 0.25) is 0 Å². The van der Waals surface area contributed by atoms with Gasteiger partial charge in [-0.3, -0.25) is 14.2 Å². The lowest BCUT2D eigenvalue weighted by Crippen LogP contribution is -2.27. The summed E-state index contributed by atoms with van der Waals surface area (Å²) in [5.74, 6) is 0.890. The summed E-state index contributed by atoms with van der Waals surface area (Å²) in [6.45, 7) is 2.29. The van der Waals surface area contributed by atoms with Gasteiger partial charge in [-0.05, 0) is 36.8 Å². The molecule has 0 atom stereocenters. The van der Waals surface area contributed by atoms with Crippen LogP contribution in [0.1, 0.15) is 5.56 Å². The summed E-state index contributed by atoms with van der Waals surface area (Å²) in [7, 11) is 1.30. The van der Waals surface area contributed by atoms with Gasteiger partial charge in [0.1, 0.15) is 12.3 Å². The molecule has 27 heavy (non-hydrogen) atoms. The Labute approximate surface area is 161 Å². The van der Waals surface area contributed by atoms with Crippen LogP contribution in [-0.4, -0.2) is 35.0 Å². The van der Waals surface area contributed by atoms with Crippen molar-refractivity contribution >= 4 is 28.6 Å². The minimum absolute atomic E-state index is 0.172. The Kier molecular flexibility index (Phi) is 6.13. The maximum atomic E-state index is 12.8. The molecule has 0 aliphatic heterocycles. The minimum Gasteiger partial charge on any atom is -0.493 e. The maximum Gasteiger partial charge on any atom is 0.325 e. The smallest absolute Gasteiger partial charge is 0.325 e. The molecule has 0 aliphatic rings. The normalized spacial score (nSPS) is 10.7. The third kappa shape index (κ3) is 4.68. The van der Waals surface area contributed by atoms with E-state index in [0.29, 0.717) is 28.4 Å². The Balaban J connectivity index is 1.78. The van der Waals surface area contributed by atoms with Crippen LogP contribution in [0.15, 0.2) is 58.5 Å². The van der Waals surface area contributed by atoms with Crippen LogP contribution in [0.25, 0.3) is 10.9 Å². The second-order valence-electron chi connectivity index (χ2n) is 5.89. The van der Waals surface area contributed by atoms with Gasteiger partial charge >= 0.3 is 5.97 Å². The zero-order valence-corrected chi connectivity index (χ0v) is 16.0. The highest BCUT2D eigenvalue weighted by Crippen LogP contribution is 2.19. The van der Waals surface area contributed by atoms with Crippen LogP contribution in [0, 0.1) is 6.92 Å². The minimum atomic E-state index is -0.493. The van der Waals surface area contributed by atoms with Crippen LogP contribution in [0.3, 0.4) is 0 Å². The van der Waals surface area contributed by atoms with Crippen LogP contribution in [0.4, 0.5) is 0 Å². The standard InChI is InChI=1S/C20H20N2O4S/c1-14-6-5-7-15(12-14)26-10-11-27-20-21-17-9-4-3-8-16(17)19(24)22(20)13-18(23)25-2/h3-9,12H,10-11,13H2,1-2H3. The molecule has 0 N–H and O–H groups in total. The summed E-state index contributed by atoms with van der Waals surface area (Å²) in [5.41, 5.74) is 1.47. The number of aryl methyl sites for hydroxylation is 1. The lowest BCUT2D eigenvalue weighted by molar-refractivity contribution is -0.141. The molecule has 1 aromatic heterocycles. The van der Waals surface area contributed by atoms with Crippen LogP contribution in [-0.2, 0) is 16.1 Å². The molecule has 7 heteroatoms. The van der Waals surface area contributed by atoms with Crippen molar-refractivity contribution in [2.24, 2.45) is 0 Å². The Morgan fingerprint density at radius 2 is 2.00 bits per heavy atom. The molecule has 2 aromatic carbocycles. The molecular weight excluding hydrogens is 364 g/mol. The number of nitrogens with zero attached hydrogens (tertiary/aromatic N) is 2. The number of fused-ring (bicyclic) bond motifs is 1. The first-order valence-electron chi connectivity index (χ1n) is 8.47. The van der Waals surface area contributed by atoms with Crippen molar-refractivity contribution in [3.05, 3.63) is 64.4 Å². The molecule has 3 rings (SSSR count). The number of para-hydroxylation sites is 1. The van der Waals surface area contributed by atoms with Crippen molar-refractivity contribution in [2.75, 3.05) is 19.5 Å². The van der Waals surface area contributed by atoms with E-state index in [1.807, 2.05) is 37.3 Å². The monoisotopic (exact) mass is 384 g/mol. The summed E-state index contributed by atoms with van der Waals surface area (Å²) in [6.07, 6.45) is 0. The van der Waals surface area contributed by atoms with E-state index in [2.05, 4.69) is 4.98 Å². The summed E-state index contributed by atoms with van der Waals surface area (Å²) < 4.78 is 11.8. The van der Waals surface area contributed by atoms with Crippen LogP contribution in [0.5, 0.6) is 5.75 Å². The lowest BCUT2D eigenvalue weighted by atomic mass is 10.2. The number of benzene rings is 2. The zero-order valence-electron chi connectivity index (χ0n) is 15.2. The molecule has 0 radical (unpaired) electrons. The van der Waals surface area contributed by atoms with Gasteiger partial charge in [0.05, 0.1) is 24.6 Å². The van der Waals surface area contributed by atoms with E-state index in [1.54, 1.807) is 18.2 Å². The predicted octanol–water partition coefficient (Wildman–Crippen LogP) is 3.05. The summed E-state index contributed by atoms with van der Waals surface area (Å²) in [5, 5.41) is 0.943. The van der Waals surface area contributed by atoms with Crippen molar-refractivity contribution < 1.29 is 14.3 Å². The lowest BCUT2D eigenvalue weighted by Gasteiger charge is -2.12. The Morgan fingerprint density at radius 3 is 2.78 bits per heavy atom. The highest BCUT2D eigenvalue weighted by molar-refractivity contribution is 7.99. The van der Waals surface area contributed by atoms with Gasteiger partial charge < -0.3 is 9.47 Å². The Hall–Kier alpha value is -2.80. The fourth-order valence-corrected chi connectivity index (χ4v) is 3.40. The molecule has 0 saturated carbocycles. The van der Waals surface area contributed by atoms with E-state index in [0.717, 1.165) is 11.3 Å². The van der Waals surface area contributed by atoms with E-state index in [4.69, 9.17) is 9.47 Å². The van der Waals surface area contributed by atoms with Crippen molar-refractivity contribution in [3.63, 3.8) is 0 Å². The fourth-order valence-electron chi connectivity index (χ4n) is 2.59. The van der Waals surface area contributed by atoms with Gasteiger partial charge in [-0.25, -0.2) is 4.98 Å². The Bertz CT molecular complexity index is 1020. The third-order valence-corrected chi connectivity index (χ3v) is 4.85. The second-order valence-corrected chi connectivity index (χ2v) is 6.95. The first-order chi connectivity index (χ1) is 13.1. The third-order valence-electron chi connectivity index (χ3n) is 3.91. The number of carbonyl (C=O) groups excluding carboxylic acids is 1. The van der Waals surface area contributed by atoms with Crippen molar-refractivity contribution in [3.8, 4) is 5.75 Å². The highest BCUT2D eigenvalue weighted by atomic mass is 32.2. The van der Waals surface area contributed by atoms with Gasteiger partial charge in [0.25, 0.3) is 5.56 Å². The number of thioether (sulfide) groups is 1. The van der Waals surface area contributed by atoms with Crippen molar-refractivity contribution in [1.29, 1.82) is 0 Å². The van der Waals surface area contributed by atoms with Crippen molar-refractivity contribution in [2.45, 2.75) is 18.6 Å². The van der Waals surface area contributed by atoms with E-state index in [1.165, 1.54) is 23.4 Å². The van der Waals surface area contributed by atoms with Gasteiger partial charge in [-0.15, -0.1) is 0 Å². The van der Waals surface area contributed by atoms with E-state index < -0.39 is 5.97 Å². The average Bonchev–Trinajstić information content (AvgIpc) is 2.68. The number of methoxy groups -OCH3 is 1. The van der Waals surface area contributed by atoms with E-state index in [9.17, 15) is 9.59 Å². The fraction of sp³-hybridized carbons (Fsp3) is 0.250. The van der Waals surface area contributed by atoms with Crippen LogP contribution in [0.2, 0.25) is 0 Å². The van der Waals surface area contributed by atoms with Crippen LogP contribution < -0.4 is 10.3 Å². The van der Waals surface area contributed by atoms with E-state index >= 15 is 0 Å². The molecule has 0 saturated heterocycles. The van der Waals surface area contributed by atoms with Gasteiger partial charge in [0.15, 0.2) is 5.16 Å². The average molecular weight is 384 g/mol. The molecule has 0 unspecified atom stereocenters. The zero-order chi connectivity index (χ0) is 19.2. The number of rotatable bonds is 7. The number of hydrogen-bond acceptors (Lipinski definition) is 6. The first-order valence-corrected chi connectivity index (χ1v) is 9.45. The quantitative estimate of drug-likeness (QED) is 0.270. The molecule has 0 spiro atoms. The van der Waals surface area contributed by atoms with Crippen molar-refractivity contribution in [1.82, 2.24) is 9.55 Å². The number of esters is 1. The van der Waals surface area contributed by atoms with Gasteiger partial charge in [-0.2, -0.15) is 0 Å². The molecule has 140 valence electrons. The number of ether oxygens (including phenoxy) is 2. The molecule has 0 bridgehead atoms. The largest absolute Gasteiger partial charge is 0.493 e. The van der Waals surface area contributed by atoms with Gasteiger partial charge in [0, 0.05) is 5.75 Å². The van der Waals surface area contributed by atoms with Crippen LogP contribution >= 0.6 is 11.8 Å². The summed E-state index contributed by atoms with van der Waals surface area (Å²) in [4.78, 5) is 29.0. The molecule has 1 heterocycles. The first kappa shape index (κ1) is 19.0. The predicted molar refractivity (Wildman–Crippen MR) is 105 cm³/mol. The number of aromatic nitrogens is 2. The Morgan fingerprint density at radius 1 is 1.19 bits per heavy atom. The highest BCUT2D eigenvalue weighted by Gasteiger charge is 2.14. The molecule has 0 aliphatic carbocycles. The number of hydrogen-bond donors (Lipinski definition) is 0. The van der Waals surface area contributed by atoms with E-state index in [-0.39, 0.29) is 12.1 Å².